The van der Waals surface area contributed by atoms with Crippen LogP contribution in [-0.2, 0) is 4.79 Å². The van der Waals surface area contributed by atoms with E-state index in [2.05, 4.69) is 17.2 Å². The number of nitrogens with zero attached hydrogens (tertiary/aromatic N) is 3. The summed E-state index contributed by atoms with van der Waals surface area (Å²) >= 11 is 0. The highest BCUT2D eigenvalue weighted by Gasteiger charge is 2.37. The summed E-state index contributed by atoms with van der Waals surface area (Å²) in [4.78, 5) is 32.8. The summed E-state index contributed by atoms with van der Waals surface area (Å²) in [5.74, 6) is 0.0991. The second-order valence-corrected chi connectivity index (χ2v) is 7.52. The molecule has 0 saturated carbocycles. The Balaban J connectivity index is 2.07. The van der Waals surface area contributed by atoms with E-state index >= 15 is 0 Å². The van der Waals surface area contributed by atoms with Crippen LogP contribution < -0.4 is 5.32 Å². The third-order valence-electron chi connectivity index (χ3n) is 4.72. The normalized spacial score (nSPS) is 19.0. The number of aromatic nitrogens is 1. The maximum Gasteiger partial charge on any atom is 0.318 e. The Hall–Kier alpha value is -2.11. The van der Waals surface area contributed by atoms with E-state index in [4.69, 9.17) is 0 Å². The van der Waals surface area contributed by atoms with Crippen molar-refractivity contribution in [2.75, 3.05) is 13.1 Å². The van der Waals surface area contributed by atoms with E-state index in [-0.39, 0.29) is 29.6 Å². The van der Waals surface area contributed by atoms with Crippen LogP contribution in [0.1, 0.15) is 59.1 Å². The predicted octanol–water partition coefficient (Wildman–Crippen LogP) is 2.96. The van der Waals surface area contributed by atoms with E-state index in [1.54, 1.807) is 12.4 Å². The number of carbonyl (C=O) groups is 2. The minimum Gasteiger partial charge on any atom is -0.336 e. The van der Waals surface area contributed by atoms with E-state index in [9.17, 15) is 9.59 Å². The van der Waals surface area contributed by atoms with E-state index in [1.807, 2.05) is 49.6 Å². The first-order chi connectivity index (χ1) is 11.8. The molecule has 1 aromatic heterocycles. The highest BCUT2D eigenvalue weighted by molar-refractivity contribution is 5.82. The topological polar surface area (TPSA) is 65.5 Å². The Morgan fingerprint density at radius 1 is 1.36 bits per heavy atom. The first-order valence-corrected chi connectivity index (χ1v) is 9.05. The molecule has 2 atom stereocenters. The number of rotatable bonds is 5. The van der Waals surface area contributed by atoms with Crippen molar-refractivity contribution in [2.24, 2.45) is 0 Å². The maximum absolute atomic E-state index is 12.8. The molecule has 0 radical (unpaired) electrons. The minimum absolute atomic E-state index is 0.00354. The molecule has 6 nitrogen and oxygen atoms in total. The van der Waals surface area contributed by atoms with Gasteiger partial charge in [-0.1, -0.05) is 6.92 Å². The van der Waals surface area contributed by atoms with Gasteiger partial charge in [0.1, 0.15) is 0 Å². The Labute approximate surface area is 150 Å². The van der Waals surface area contributed by atoms with Gasteiger partial charge >= 0.3 is 6.03 Å². The average Bonchev–Trinajstić information content (AvgIpc) is 2.93. The molecule has 0 unspecified atom stereocenters. The third-order valence-corrected chi connectivity index (χ3v) is 4.72. The van der Waals surface area contributed by atoms with E-state index in [1.165, 1.54) is 0 Å². The molecular weight excluding hydrogens is 316 g/mol. The number of carbonyl (C=O) groups excluding carboxylic acids is 2. The van der Waals surface area contributed by atoms with Crippen molar-refractivity contribution in [3.63, 3.8) is 0 Å². The van der Waals surface area contributed by atoms with Crippen LogP contribution in [0.15, 0.2) is 24.5 Å². The van der Waals surface area contributed by atoms with Crippen LogP contribution in [0.3, 0.4) is 0 Å². The quantitative estimate of drug-likeness (QED) is 0.891. The number of likely N-dealkylation sites (tertiary alicyclic amines) is 1. The summed E-state index contributed by atoms with van der Waals surface area (Å²) in [6, 6.07) is 3.65. The number of urea groups is 1. The molecule has 3 amide bonds. The molecule has 0 bridgehead atoms. The minimum atomic E-state index is -0.218. The van der Waals surface area contributed by atoms with Crippen LogP contribution in [0, 0.1) is 0 Å². The molecule has 0 aliphatic carbocycles. The number of nitrogens with one attached hydrogen (secondary N) is 1. The molecule has 6 heteroatoms. The standard InChI is InChI=1S/C19H30N4O2/c1-6-16(14-8-10-20-11-9-14)22(7-2)18(25)21-15-12-17(24)23(13-15)19(3,4)5/h8-11,15-16H,6-7,12-13H2,1-5H3,(H,21,25)/t15-,16-/m1/s1. The van der Waals surface area contributed by atoms with Crippen LogP contribution in [0.2, 0.25) is 0 Å². The molecule has 1 saturated heterocycles. The van der Waals surface area contributed by atoms with Crippen LogP contribution in [0.25, 0.3) is 0 Å². The molecule has 1 aromatic rings. The molecule has 0 spiro atoms. The van der Waals surface area contributed by atoms with E-state index in [0.29, 0.717) is 19.5 Å². The highest BCUT2D eigenvalue weighted by atomic mass is 16.2. The fraction of sp³-hybridized carbons (Fsp3) is 0.632. The number of hydrogen-bond donors (Lipinski definition) is 1. The lowest BCUT2D eigenvalue weighted by Crippen LogP contribution is -2.48. The summed E-state index contributed by atoms with van der Waals surface area (Å²) in [6.07, 6.45) is 4.69. The number of amides is 3. The van der Waals surface area contributed by atoms with Crippen molar-refractivity contribution in [1.29, 1.82) is 0 Å². The number of pyridine rings is 1. The highest BCUT2D eigenvalue weighted by Crippen LogP contribution is 2.25. The van der Waals surface area contributed by atoms with Crippen molar-refractivity contribution < 1.29 is 9.59 Å². The largest absolute Gasteiger partial charge is 0.336 e. The Morgan fingerprint density at radius 2 is 2.00 bits per heavy atom. The van der Waals surface area contributed by atoms with Gasteiger partial charge < -0.3 is 15.1 Å². The van der Waals surface area contributed by atoms with E-state index < -0.39 is 0 Å². The van der Waals surface area contributed by atoms with Crippen molar-refractivity contribution >= 4 is 11.9 Å². The van der Waals surface area contributed by atoms with Gasteiger partial charge in [0, 0.05) is 37.4 Å². The van der Waals surface area contributed by atoms with Gasteiger partial charge in [-0.2, -0.15) is 0 Å². The number of hydrogen-bond acceptors (Lipinski definition) is 3. The van der Waals surface area contributed by atoms with Gasteiger partial charge in [0.05, 0.1) is 12.1 Å². The van der Waals surface area contributed by atoms with Gasteiger partial charge in [0.2, 0.25) is 5.91 Å². The average molecular weight is 346 g/mol. The third kappa shape index (κ3) is 4.50. The van der Waals surface area contributed by atoms with Crippen molar-refractivity contribution in [3.8, 4) is 0 Å². The summed E-state index contributed by atoms with van der Waals surface area (Å²) < 4.78 is 0. The molecule has 1 N–H and O–H groups in total. The van der Waals surface area contributed by atoms with Crippen molar-refractivity contribution in [3.05, 3.63) is 30.1 Å². The monoisotopic (exact) mass is 346 g/mol. The zero-order valence-corrected chi connectivity index (χ0v) is 16.0. The molecule has 0 aromatic carbocycles. The molecule has 1 fully saturated rings. The summed E-state index contributed by atoms with van der Waals surface area (Å²) in [5, 5.41) is 3.06. The lowest BCUT2D eigenvalue weighted by molar-refractivity contribution is -0.131. The smallest absolute Gasteiger partial charge is 0.318 e. The Bertz CT molecular complexity index is 597. The van der Waals surface area contributed by atoms with Crippen LogP contribution in [-0.4, -0.2) is 51.4 Å². The Kier molecular flexibility index (Phi) is 6.03. The summed E-state index contributed by atoms with van der Waals surface area (Å²) in [6.45, 7) is 11.3. The zero-order chi connectivity index (χ0) is 18.6. The zero-order valence-electron chi connectivity index (χ0n) is 16.0. The van der Waals surface area contributed by atoms with E-state index in [0.717, 1.165) is 12.0 Å². The maximum atomic E-state index is 12.8. The van der Waals surface area contributed by atoms with Gasteiger partial charge in [-0.3, -0.25) is 9.78 Å². The summed E-state index contributed by atoms with van der Waals surface area (Å²) in [7, 11) is 0. The SMILES string of the molecule is CC[C@H](c1ccncc1)N(CC)C(=O)N[C@@H]1CC(=O)N(C(C)(C)C)C1. The lowest BCUT2D eigenvalue weighted by Gasteiger charge is -2.33. The summed E-state index contributed by atoms with van der Waals surface area (Å²) in [5.41, 5.74) is 0.859. The van der Waals surface area contributed by atoms with Crippen molar-refractivity contribution in [2.45, 2.75) is 65.1 Å². The van der Waals surface area contributed by atoms with Gasteiger partial charge in [-0.05, 0) is 51.8 Å². The predicted molar refractivity (Wildman–Crippen MR) is 98.1 cm³/mol. The second kappa shape index (κ2) is 7.85. The molecule has 138 valence electrons. The molecule has 1 aliphatic heterocycles. The molecule has 2 rings (SSSR count). The molecule has 25 heavy (non-hydrogen) atoms. The first kappa shape index (κ1) is 19.2. The molecular formula is C19H30N4O2. The van der Waals surface area contributed by atoms with Gasteiger partial charge in [-0.15, -0.1) is 0 Å². The van der Waals surface area contributed by atoms with Gasteiger partial charge in [-0.25, -0.2) is 4.79 Å². The van der Waals surface area contributed by atoms with Crippen LogP contribution in [0.4, 0.5) is 4.79 Å². The van der Waals surface area contributed by atoms with Gasteiger partial charge in [0.25, 0.3) is 0 Å². The fourth-order valence-corrected chi connectivity index (χ4v) is 3.44. The molecule has 1 aliphatic rings. The fourth-order valence-electron chi connectivity index (χ4n) is 3.44. The van der Waals surface area contributed by atoms with Crippen molar-refractivity contribution in [1.82, 2.24) is 20.1 Å². The molecule has 2 heterocycles. The van der Waals surface area contributed by atoms with Crippen LogP contribution >= 0.6 is 0 Å². The first-order valence-electron chi connectivity index (χ1n) is 9.05. The Morgan fingerprint density at radius 3 is 2.48 bits per heavy atom. The van der Waals surface area contributed by atoms with Crippen LogP contribution in [0.5, 0.6) is 0 Å². The van der Waals surface area contributed by atoms with Gasteiger partial charge in [0.15, 0.2) is 0 Å². The lowest BCUT2D eigenvalue weighted by atomic mass is 10.0. The second-order valence-electron chi connectivity index (χ2n) is 7.52.